The fourth-order valence-electron chi connectivity index (χ4n) is 3.74. The van der Waals surface area contributed by atoms with Crippen molar-refractivity contribution in [1.29, 1.82) is 0 Å². The molecule has 9 heteroatoms. The average molecular weight is 445 g/mol. The molecule has 2 N–H and O–H groups in total. The maximum Gasteiger partial charge on any atom is 0.313 e. The second-order valence-corrected chi connectivity index (χ2v) is 9.98. The van der Waals surface area contributed by atoms with Crippen molar-refractivity contribution >= 4 is 33.2 Å². The Morgan fingerprint density at radius 3 is 2.39 bits per heavy atom. The largest absolute Gasteiger partial charge is 0.327 e. The molecule has 2 heterocycles. The number of likely N-dealkylation sites (tertiary alicyclic amines) is 1. The van der Waals surface area contributed by atoms with Crippen LogP contribution < -0.4 is 10.0 Å². The predicted molar refractivity (Wildman–Crippen MR) is 120 cm³/mol. The standard InChI is InChI=1S/C22H28N4O4S/c1-14-5-10-20(17-6-8-18(9-7-17)25-31(4,29)30)26(13-14)22(28)21(27)24-19-11-15(2)16(3)23-12-19/h6-9,11-12,14,20,25H,5,10,13H2,1-4H3,(H,24,27)/t14-,20+/m1/s1. The van der Waals surface area contributed by atoms with Gasteiger partial charge in [-0.3, -0.25) is 19.3 Å². The van der Waals surface area contributed by atoms with Gasteiger partial charge in [0.1, 0.15) is 0 Å². The highest BCUT2D eigenvalue weighted by Gasteiger charge is 2.34. The van der Waals surface area contributed by atoms with Crippen LogP contribution in [0, 0.1) is 19.8 Å². The lowest BCUT2D eigenvalue weighted by atomic mass is 9.89. The molecule has 0 spiro atoms. The van der Waals surface area contributed by atoms with Crippen molar-refractivity contribution in [2.45, 2.75) is 39.7 Å². The lowest BCUT2D eigenvalue weighted by Gasteiger charge is -2.38. The number of aryl methyl sites for hydroxylation is 2. The van der Waals surface area contributed by atoms with Crippen LogP contribution in [0.3, 0.4) is 0 Å². The monoisotopic (exact) mass is 444 g/mol. The van der Waals surface area contributed by atoms with E-state index >= 15 is 0 Å². The molecule has 1 aromatic carbocycles. The van der Waals surface area contributed by atoms with E-state index in [1.807, 2.05) is 13.8 Å². The Hall–Kier alpha value is -2.94. The highest BCUT2D eigenvalue weighted by Crippen LogP contribution is 2.34. The van der Waals surface area contributed by atoms with Gasteiger partial charge in [0.15, 0.2) is 0 Å². The van der Waals surface area contributed by atoms with Crippen LogP contribution in [-0.4, -0.2) is 42.9 Å². The van der Waals surface area contributed by atoms with Crippen molar-refractivity contribution in [1.82, 2.24) is 9.88 Å². The molecule has 0 saturated carbocycles. The minimum Gasteiger partial charge on any atom is -0.327 e. The number of carbonyl (C=O) groups is 2. The summed E-state index contributed by atoms with van der Waals surface area (Å²) in [7, 11) is -3.37. The highest BCUT2D eigenvalue weighted by atomic mass is 32.2. The van der Waals surface area contributed by atoms with E-state index in [1.165, 1.54) is 6.20 Å². The number of nitrogens with zero attached hydrogens (tertiary/aromatic N) is 2. The lowest BCUT2D eigenvalue weighted by Crippen LogP contribution is -2.46. The topological polar surface area (TPSA) is 108 Å². The van der Waals surface area contributed by atoms with E-state index in [0.29, 0.717) is 17.9 Å². The van der Waals surface area contributed by atoms with Crippen LogP contribution in [0.15, 0.2) is 36.5 Å². The van der Waals surface area contributed by atoms with Gasteiger partial charge in [0.05, 0.1) is 24.2 Å². The molecule has 8 nitrogen and oxygen atoms in total. The Kier molecular flexibility index (Phi) is 6.64. The van der Waals surface area contributed by atoms with Crippen LogP contribution >= 0.6 is 0 Å². The fraction of sp³-hybridized carbons (Fsp3) is 0.409. The highest BCUT2D eigenvalue weighted by molar-refractivity contribution is 7.92. The van der Waals surface area contributed by atoms with Crippen LogP contribution in [-0.2, 0) is 19.6 Å². The van der Waals surface area contributed by atoms with Gasteiger partial charge in [-0.25, -0.2) is 8.42 Å². The Morgan fingerprint density at radius 2 is 1.77 bits per heavy atom. The zero-order valence-electron chi connectivity index (χ0n) is 18.2. The van der Waals surface area contributed by atoms with Gasteiger partial charge in [0.2, 0.25) is 10.0 Å². The molecular weight excluding hydrogens is 416 g/mol. The van der Waals surface area contributed by atoms with Crippen LogP contribution in [0.4, 0.5) is 11.4 Å². The molecule has 1 aromatic heterocycles. The zero-order chi connectivity index (χ0) is 22.8. The number of aromatic nitrogens is 1. The van der Waals surface area contributed by atoms with Gasteiger partial charge < -0.3 is 10.2 Å². The smallest absolute Gasteiger partial charge is 0.313 e. The van der Waals surface area contributed by atoms with Gasteiger partial charge in [-0.2, -0.15) is 0 Å². The third-order valence-corrected chi connectivity index (χ3v) is 6.08. The molecule has 2 amide bonds. The number of amides is 2. The van der Waals surface area contributed by atoms with Gasteiger partial charge in [0.25, 0.3) is 0 Å². The number of pyridine rings is 1. The number of piperidine rings is 1. The van der Waals surface area contributed by atoms with E-state index < -0.39 is 21.8 Å². The molecule has 0 bridgehead atoms. The van der Waals surface area contributed by atoms with Gasteiger partial charge in [-0.15, -0.1) is 0 Å². The van der Waals surface area contributed by atoms with E-state index in [0.717, 1.165) is 35.9 Å². The fourth-order valence-corrected chi connectivity index (χ4v) is 4.30. The van der Waals surface area contributed by atoms with E-state index in [9.17, 15) is 18.0 Å². The Labute approximate surface area is 183 Å². The number of rotatable bonds is 4. The molecule has 0 radical (unpaired) electrons. The molecule has 0 aliphatic carbocycles. The first-order valence-corrected chi connectivity index (χ1v) is 12.1. The van der Waals surface area contributed by atoms with Gasteiger partial charge in [-0.05, 0) is 61.9 Å². The number of hydrogen-bond acceptors (Lipinski definition) is 5. The summed E-state index contributed by atoms with van der Waals surface area (Å²) in [5.41, 5.74) is 3.59. The molecule has 1 aliphatic heterocycles. The Balaban J connectivity index is 1.78. The van der Waals surface area contributed by atoms with E-state index in [-0.39, 0.29) is 12.0 Å². The second kappa shape index (κ2) is 9.05. The van der Waals surface area contributed by atoms with E-state index in [4.69, 9.17) is 0 Å². The molecule has 3 rings (SSSR count). The quantitative estimate of drug-likeness (QED) is 0.705. The summed E-state index contributed by atoms with van der Waals surface area (Å²) in [5, 5.41) is 2.66. The predicted octanol–water partition coefficient (Wildman–Crippen LogP) is 3.01. The molecule has 0 unspecified atom stereocenters. The normalized spacial score (nSPS) is 19.0. The first-order valence-electron chi connectivity index (χ1n) is 10.2. The maximum absolute atomic E-state index is 13.0. The molecule has 31 heavy (non-hydrogen) atoms. The molecule has 166 valence electrons. The Morgan fingerprint density at radius 1 is 1.10 bits per heavy atom. The summed E-state index contributed by atoms with van der Waals surface area (Å²) < 4.78 is 25.3. The van der Waals surface area contributed by atoms with Crippen molar-refractivity contribution in [3.63, 3.8) is 0 Å². The number of hydrogen-bond donors (Lipinski definition) is 2. The molecule has 1 saturated heterocycles. The average Bonchev–Trinajstić information content (AvgIpc) is 2.69. The first-order chi connectivity index (χ1) is 14.5. The van der Waals surface area contributed by atoms with E-state index in [1.54, 1.807) is 35.2 Å². The van der Waals surface area contributed by atoms with Crippen LogP contribution in [0.1, 0.15) is 42.6 Å². The molecule has 2 atom stereocenters. The number of nitrogens with one attached hydrogen (secondary N) is 2. The van der Waals surface area contributed by atoms with Crippen LogP contribution in [0.25, 0.3) is 0 Å². The number of benzene rings is 1. The number of anilines is 2. The van der Waals surface area contributed by atoms with Crippen LogP contribution in [0.2, 0.25) is 0 Å². The van der Waals surface area contributed by atoms with Crippen molar-refractivity contribution < 1.29 is 18.0 Å². The van der Waals surface area contributed by atoms with E-state index in [2.05, 4.69) is 21.9 Å². The van der Waals surface area contributed by atoms with Gasteiger partial charge in [0, 0.05) is 17.9 Å². The van der Waals surface area contributed by atoms with Crippen molar-refractivity contribution in [3.05, 3.63) is 53.3 Å². The minimum absolute atomic E-state index is 0.250. The summed E-state index contributed by atoms with van der Waals surface area (Å²) in [5.74, 6) is -1.00. The third kappa shape index (κ3) is 5.81. The maximum atomic E-state index is 13.0. The second-order valence-electron chi connectivity index (χ2n) is 8.23. The Bertz CT molecular complexity index is 1080. The molecule has 1 fully saturated rings. The minimum atomic E-state index is -3.37. The first kappa shape index (κ1) is 22.7. The molecule has 2 aromatic rings. The molecular formula is C22H28N4O4S. The van der Waals surface area contributed by atoms with Crippen molar-refractivity contribution in [2.75, 3.05) is 22.8 Å². The summed E-state index contributed by atoms with van der Waals surface area (Å²) >= 11 is 0. The molecule has 1 aliphatic rings. The number of sulfonamides is 1. The zero-order valence-corrected chi connectivity index (χ0v) is 19.0. The summed E-state index contributed by atoms with van der Waals surface area (Å²) in [6.45, 7) is 6.30. The van der Waals surface area contributed by atoms with Crippen molar-refractivity contribution in [3.8, 4) is 0 Å². The van der Waals surface area contributed by atoms with Crippen LogP contribution in [0.5, 0.6) is 0 Å². The SMILES string of the molecule is Cc1cc(NC(=O)C(=O)N2C[C@H](C)CC[C@H]2c2ccc(NS(C)(=O)=O)cc2)cnc1C. The lowest BCUT2D eigenvalue weighted by molar-refractivity contribution is -0.146. The number of carbonyl (C=O) groups excluding carboxylic acids is 2. The van der Waals surface area contributed by atoms with Crippen molar-refractivity contribution in [2.24, 2.45) is 5.92 Å². The van der Waals surface area contributed by atoms with Gasteiger partial charge >= 0.3 is 11.8 Å². The van der Waals surface area contributed by atoms with Gasteiger partial charge in [-0.1, -0.05) is 19.1 Å². The summed E-state index contributed by atoms with van der Waals surface area (Å²) in [6, 6.07) is 8.45. The summed E-state index contributed by atoms with van der Waals surface area (Å²) in [6.07, 6.45) is 4.29. The summed E-state index contributed by atoms with van der Waals surface area (Å²) in [4.78, 5) is 31.6. The third-order valence-electron chi connectivity index (χ3n) is 5.47.